The maximum Gasteiger partial charge on any atom is 0.270 e. The van der Waals surface area contributed by atoms with E-state index in [1.165, 1.54) is 10.6 Å². The average Bonchev–Trinajstić information content (AvgIpc) is 3.23. The molecule has 0 aliphatic rings. The molecule has 1 aromatic carbocycles. The minimum absolute atomic E-state index is 0.00279. The van der Waals surface area contributed by atoms with Gasteiger partial charge >= 0.3 is 0 Å². The van der Waals surface area contributed by atoms with Crippen LogP contribution in [-0.4, -0.2) is 25.3 Å². The van der Waals surface area contributed by atoms with E-state index in [1.54, 1.807) is 30.6 Å². The molecule has 7 heteroatoms. The molecule has 2 N–H and O–H groups in total. The Morgan fingerprint density at radius 1 is 1.11 bits per heavy atom. The van der Waals surface area contributed by atoms with Gasteiger partial charge in [-0.2, -0.15) is 0 Å². The van der Waals surface area contributed by atoms with E-state index in [1.807, 2.05) is 37.3 Å². The zero-order valence-corrected chi connectivity index (χ0v) is 15.3. The van der Waals surface area contributed by atoms with E-state index >= 15 is 0 Å². The minimum Gasteiger partial charge on any atom is -0.342 e. The van der Waals surface area contributed by atoms with Crippen molar-refractivity contribution in [2.24, 2.45) is 0 Å². The molecule has 0 radical (unpaired) electrons. The highest BCUT2D eigenvalue weighted by Crippen LogP contribution is 2.20. The molecule has 0 aliphatic carbocycles. The Bertz CT molecular complexity index is 1180. The number of H-pyrrole nitrogens is 1. The Morgan fingerprint density at radius 2 is 1.89 bits per heavy atom. The summed E-state index contributed by atoms with van der Waals surface area (Å²) >= 11 is 0. The number of nitrogens with zero attached hydrogens (tertiary/aromatic N) is 3. The number of benzene rings is 1. The van der Waals surface area contributed by atoms with Gasteiger partial charge in [-0.1, -0.05) is 43.3 Å². The van der Waals surface area contributed by atoms with Crippen LogP contribution in [0.25, 0.3) is 16.9 Å². The van der Waals surface area contributed by atoms with Crippen molar-refractivity contribution in [2.45, 2.75) is 19.4 Å². The fraction of sp³-hybridized carbons (Fsp3) is 0.143. The molecule has 0 unspecified atom stereocenters. The van der Waals surface area contributed by atoms with Crippen LogP contribution in [0, 0.1) is 0 Å². The van der Waals surface area contributed by atoms with Gasteiger partial charge in [0, 0.05) is 12.4 Å². The average molecular weight is 373 g/mol. The molecule has 1 atom stereocenters. The maximum atomic E-state index is 12.7. The van der Waals surface area contributed by atoms with E-state index in [-0.39, 0.29) is 11.6 Å². The summed E-state index contributed by atoms with van der Waals surface area (Å²) in [5, 5.41) is 2.88. The van der Waals surface area contributed by atoms with Gasteiger partial charge < -0.3 is 10.3 Å². The number of pyridine rings is 1. The Balaban J connectivity index is 1.59. The van der Waals surface area contributed by atoms with Gasteiger partial charge in [0.05, 0.1) is 17.9 Å². The first-order chi connectivity index (χ1) is 13.7. The van der Waals surface area contributed by atoms with Crippen molar-refractivity contribution in [3.63, 3.8) is 0 Å². The van der Waals surface area contributed by atoms with E-state index in [0.717, 1.165) is 11.3 Å². The molecule has 140 valence electrons. The monoisotopic (exact) mass is 373 g/mol. The second kappa shape index (κ2) is 7.48. The van der Waals surface area contributed by atoms with E-state index in [4.69, 9.17) is 0 Å². The maximum absolute atomic E-state index is 12.7. The molecule has 0 bridgehead atoms. The SMILES string of the molecule is CC[C@@H](NC(=O)c1cnc2ccccn2c1=O)c1ncc(-c2ccccc2)[nH]1. The number of amides is 1. The summed E-state index contributed by atoms with van der Waals surface area (Å²) in [7, 11) is 0. The third kappa shape index (κ3) is 3.29. The molecule has 0 aliphatic heterocycles. The van der Waals surface area contributed by atoms with Gasteiger partial charge in [0.2, 0.25) is 0 Å². The van der Waals surface area contributed by atoms with Crippen LogP contribution in [0.1, 0.15) is 35.6 Å². The molecule has 1 amide bonds. The molecule has 0 fully saturated rings. The molecule has 28 heavy (non-hydrogen) atoms. The second-order valence-corrected chi connectivity index (χ2v) is 6.39. The zero-order chi connectivity index (χ0) is 19.5. The summed E-state index contributed by atoms with van der Waals surface area (Å²) in [5.74, 6) is 0.170. The van der Waals surface area contributed by atoms with Crippen LogP contribution in [-0.2, 0) is 0 Å². The largest absolute Gasteiger partial charge is 0.342 e. The summed E-state index contributed by atoms with van der Waals surface area (Å²) in [6, 6.07) is 14.7. The Labute approximate surface area is 161 Å². The third-order valence-corrected chi connectivity index (χ3v) is 4.58. The highest BCUT2D eigenvalue weighted by atomic mass is 16.2. The van der Waals surface area contributed by atoms with Gasteiger partial charge in [0.25, 0.3) is 11.5 Å². The third-order valence-electron chi connectivity index (χ3n) is 4.58. The topological polar surface area (TPSA) is 92.2 Å². The second-order valence-electron chi connectivity index (χ2n) is 6.39. The number of nitrogens with one attached hydrogen (secondary N) is 2. The number of aromatic nitrogens is 4. The molecule has 3 heterocycles. The first-order valence-corrected chi connectivity index (χ1v) is 9.05. The Kier molecular flexibility index (Phi) is 4.72. The smallest absolute Gasteiger partial charge is 0.270 e. The lowest BCUT2D eigenvalue weighted by Gasteiger charge is -2.14. The van der Waals surface area contributed by atoms with E-state index in [2.05, 4.69) is 20.3 Å². The van der Waals surface area contributed by atoms with Crippen molar-refractivity contribution in [3.05, 3.63) is 88.9 Å². The van der Waals surface area contributed by atoms with Gasteiger partial charge in [-0.05, 0) is 24.1 Å². The minimum atomic E-state index is -0.472. The predicted octanol–water partition coefficient (Wildman–Crippen LogP) is 2.97. The van der Waals surface area contributed by atoms with Gasteiger partial charge in [-0.15, -0.1) is 0 Å². The molecular weight excluding hydrogens is 354 g/mol. The molecule has 3 aromatic heterocycles. The normalized spacial score (nSPS) is 12.0. The van der Waals surface area contributed by atoms with Gasteiger partial charge in [0.1, 0.15) is 17.0 Å². The summed E-state index contributed by atoms with van der Waals surface area (Å²) in [6.07, 6.45) is 5.27. The van der Waals surface area contributed by atoms with Crippen molar-refractivity contribution in [1.82, 2.24) is 24.7 Å². The van der Waals surface area contributed by atoms with Crippen molar-refractivity contribution in [2.75, 3.05) is 0 Å². The number of hydrogen-bond acceptors (Lipinski definition) is 4. The van der Waals surface area contributed by atoms with Gasteiger partial charge in [-0.3, -0.25) is 14.0 Å². The predicted molar refractivity (Wildman–Crippen MR) is 106 cm³/mol. The lowest BCUT2D eigenvalue weighted by atomic mass is 10.2. The first kappa shape index (κ1) is 17.7. The number of carbonyl (C=O) groups excluding carboxylic acids is 1. The number of imidazole rings is 1. The summed E-state index contributed by atoms with van der Waals surface area (Å²) in [6.45, 7) is 1.95. The standard InChI is InChI=1S/C21H19N5O2/c1-2-16(19-23-13-17(24-19)14-8-4-3-5-9-14)25-20(27)15-12-22-18-10-6-7-11-26(18)21(15)28/h3-13,16H,2H2,1H3,(H,23,24)(H,25,27)/t16-/m1/s1. The molecule has 7 nitrogen and oxygen atoms in total. The lowest BCUT2D eigenvalue weighted by molar-refractivity contribution is 0.0932. The highest BCUT2D eigenvalue weighted by molar-refractivity contribution is 5.94. The Hall–Kier alpha value is -3.74. The molecular formula is C21H19N5O2. The Morgan fingerprint density at radius 3 is 2.68 bits per heavy atom. The lowest BCUT2D eigenvalue weighted by Crippen LogP contribution is -2.34. The van der Waals surface area contributed by atoms with Crippen LogP contribution in [0.15, 0.2) is 71.9 Å². The van der Waals surface area contributed by atoms with Crippen LogP contribution in [0.3, 0.4) is 0 Å². The fourth-order valence-corrected chi connectivity index (χ4v) is 3.06. The van der Waals surface area contributed by atoms with Crippen LogP contribution >= 0.6 is 0 Å². The van der Waals surface area contributed by atoms with Crippen LogP contribution < -0.4 is 10.9 Å². The van der Waals surface area contributed by atoms with Crippen molar-refractivity contribution in [3.8, 4) is 11.3 Å². The van der Waals surface area contributed by atoms with Crippen LogP contribution in [0.5, 0.6) is 0 Å². The fourth-order valence-electron chi connectivity index (χ4n) is 3.06. The zero-order valence-electron chi connectivity index (χ0n) is 15.3. The molecule has 4 rings (SSSR count). The van der Waals surface area contributed by atoms with Crippen molar-refractivity contribution in [1.29, 1.82) is 0 Å². The van der Waals surface area contributed by atoms with Gasteiger partial charge in [0.15, 0.2) is 0 Å². The molecule has 0 saturated heterocycles. The number of aromatic amines is 1. The van der Waals surface area contributed by atoms with Crippen LogP contribution in [0.4, 0.5) is 0 Å². The number of fused-ring (bicyclic) bond motifs is 1. The van der Waals surface area contributed by atoms with E-state index in [0.29, 0.717) is 17.9 Å². The van der Waals surface area contributed by atoms with Crippen molar-refractivity contribution < 1.29 is 4.79 Å². The van der Waals surface area contributed by atoms with Gasteiger partial charge in [-0.25, -0.2) is 9.97 Å². The summed E-state index contributed by atoms with van der Waals surface area (Å²) in [5.41, 5.74) is 1.98. The number of rotatable bonds is 5. The first-order valence-electron chi connectivity index (χ1n) is 9.05. The van der Waals surface area contributed by atoms with Crippen LogP contribution in [0.2, 0.25) is 0 Å². The molecule has 4 aromatic rings. The summed E-state index contributed by atoms with van der Waals surface area (Å²) < 4.78 is 1.36. The molecule has 0 saturated carbocycles. The number of hydrogen-bond donors (Lipinski definition) is 2. The van der Waals surface area contributed by atoms with E-state index < -0.39 is 11.5 Å². The summed E-state index contributed by atoms with van der Waals surface area (Å²) in [4.78, 5) is 37.2. The highest BCUT2D eigenvalue weighted by Gasteiger charge is 2.20. The van der Waals surface area contributed by atoms with Crippen molar-refractivity contribution >= 4 is 11.6 Å². The molecule has 0 spiro atoms. The quantitative estimate of drug-likeness (QED) is 0.563. The van der Waals surface area contributed by atoms with E-state index in [9.17, 15) is 9.59 Å². The number of carbonyl (C=O) groups is 1.